The summed E-state index contributed by atoms with van der Waals surface area (Å²) < 4.78 is 0. The van der Waals surface area contributed by atoms with Crippen LogP contribution < -0.4 is 0 Å². The van der Waals surface area contributed by atoms with Crippen molar-refractivity contribution < 1.29 is 4.79 Å². The van der Waals surface area contributed by atoms with Crippen LogP contribution in [-0.4, -0.2) is 17.6 Å². The van der Waals surface area contributed by atoms with E-state index in [4.69, 9.17) is 11.6 Å². The van der Waals surface area contributed by atoms with Crippen molar-refractivity contribution in [2.75, 3.05) is 12.3 Å². The van der Waals surface area contributed by atoms with Gasteiger partial charge < -0.3 is 0 Å². The Morgan fingerprint density at radius 3 is 1.90 bits per heavy atom. The van der Waals surface area contributed by atoms with Gasteiger partial charge in [0.25, 0.3) is 5.24 Å². The Hall–Kier alpha value is -0.740. The van der Waals surface area contributed by atoms with Gasteiger partial charge in [-0.15, -0.1) is 17.2 Å². The van der Waals surface area contributed by atoms with E-state index in [9.17, 15) is 4.79 Å². The minimum atomic E-state index is -0.400. The number of halogens is 1. The summed E-state index contributed by atoms with van der Waals surface area (Å²) in [5.74, 6) is 0. The van der Waals surface area contributed by atoms with Crippen molar-refractivity contribution >= 4 is 34.0 Å². The molecule has 0 amide bonds. The molecular formula is C26H37ClOP2. The van der Waals surface area contributed by atoms with Crippen LogP contribution in [0, 0.1) is 0 Å². The maximum absolute atomic E-state index is 11.4. The lowest BCUT2D eigenvalue weighted by molar-refractivity contribution is 0.108. The van der Waals surface area contributed by atoms with Crippen LogP contribution in [0.5, 0.6) is 0 Å². The van der Waals surface area contributed by atoms with Gasteiger partial charge in [-0.3, -0.25) is 4.79 Å². The second-order valence-corrected chi connectivity index (χ2v) is 11.6. The molecule has 0 aliphatic rings. The minimum absolute atomic E-state index is 0.113. The van der Waals surface area contributed by atoms with E-state index in [1.54, 1.807) is 11.1 Å². The Labute approximate surface area is 192 Å². The Morgan fingerprint density at radius 1 is 0.833 bits per heavy atom. The van der Waals surface area contributed by atoms with Crippen molar-refractivity contribution in [2.24, 2.45) is 0 Å². The molecule has 0 saturated heterocycles. The van der Waals surface area contributed by atoms with Crippen LogP contribution in [0.2, 0.25) is 0 Å². The van der Waals surface area contributed by atoms with E-state index in [1.165, 1.54) is 61.5 Å². The lowest BCUT2D eigenvalue weighted by atomic mass is 9.77. The van der Waals surface area contributed by atoms with E-state index in [2.05, 4.69) is 45.9 Å². The van der Waals surface area contributed by atoms with Gasteiger partial charge in [-0.25, -0.2) is 0 Å². The Morgan fingerprint density at radius 2 is 1.37 bits per heavy atom. The molecule has 2 atom stereocenters. The first-order valence-corrected chi connectivity index (χ1v) is 14.4. The van der Waals surface area contributed by atoms with E-state index in [0.717, 1.165) is 17.2 Å². The van der Waals surface area contributed by atoms with Crippen LogP contribution in [0.15, 0.2) is 42.5 Å². The van der Waals surface area contributed by atoms with E-state index in [0.29, 0.717) is 5.56 Å². The summed E-state index contributed by atoms with van der Waals surface area (Å²) >= 11 is 5.62. The summed E-state index contributed by atoms with van der Waals surface area (Å²) in [6.45, 7) is 9.09. The highest BCUT2D eigenvalue weighted by Gasteiger charge is 2.24. The molecule has 0 aromatic heterocycles. The fourth-order valence-corrected chi connectivity index (χ4v) is 6.49. The summed E-state index contributed by atoms with van der Waals surface area (Å²) in [7, 11) is 2.04. The number of benzene rings is 2. The number of rotatable bonds is 13. The van der Waals surface area contributed by atoms with Crippen molar-refractivity contribution in [3.05, 3.63) is 70.3 Å². The molecule has 0 spiro atoms. The molecule has 4 heteroatoms. The Kier molecular flexibility index (Phi) is 11.0. The van der Waals surface area contributed by atoms with E-state index in [1.807, 2.05) is 24.3 Å². The fraction of sp³-hybridized carbons (Fsp3) is 0.500. The van der Waals surface area contributed by atoms with Crippen molar-refractivity contribution in [1.29, 1.82) is 0 Å². The monoisotopic (exact) mass is 462 g/mol. The van der Waals surface area contributed by atoms with Crippen molar-refractivity contribution in [1.82, 2.24) is 0 Å². The van der Waals surface area contributed by atoms with Gasteiger partial charge in [0.2, 0.25) is 0 Å². The molecule has 0 heterocycles. The standard InChI is InChI=1S/C26H37ClOP2/c1-5-7-15-29-18-21-11-14-24(17-22(21)19-30-16-8-6-2)26(3,4)23-12-9-20(10-13-23)25(27)28/h9-14,17,29-30H,5-8,15-16,18-19H2,1-4H3. The zero-order valence-corrected chi connectivity index (χ0v) is 21.7. The van der Waals surface area contributed by atoms with E-state index in [-0.39, 0.29) is 5.41 Å². The molecular weight excluding hydrogens is 426 g/mol. The van der Waals surface area contributed by atoms with E-state index < -0.39 is 5.24 Å². The third-order valence-corrected chi connectivity index (χ3v) is 8.70. The summed E-state index contributed by atoms with van der Waals surface area (Å²) in [6.07, 6.45) is 10.4. The normalized spacial score (nSPS) is 12.4. The minimum Gasteiger partial charge on any atom is -0.276 e. The highest BCUT2D eigenvalue weighted by Crippen LogP contribution is 2.36. The predicted molar refractivity (Wildman–Crippen MR) is 139 cm³/mol. The van der Waals surface area contributed by atoms with Gasteiger partial charge in [-0.1, -0.05) is 70.9 Å². The van der Waals surface area contributed by atoms with Crippen LogP contribution in [0.4, 0.5) is 0 Å². The zero-order chi connectivity index (χ0) is 22.0. The Balaban J connectivity index is 2.25. The second-order valence-electron chi connectivity index (χ2n) is 8.52. The molecule has 2 aromatic carbocycles. The molecule has 0 fully saturated rings. The molecule has 0 aliphatic carbocycles. The number of unbranched alkanes of at least 4 members (excludes halogenated alkanes) is 2. The maximum atomic E-state index is 11.4. The molecule has 164 valence electrons. The fourth-order valence-electron chi connectivity index (χ4n) is 3.59. The average Bonchev–Trinajstić information content (AvgIpc) is 2.75. The predicted octanol–water partition coefficient (Wildman–Crippen LogP) is 8.35. The van der Waals surface area contributed by atoms with Crippen molar-refractivity contribution in [2.45, 2.75) is 71.1 Å². The first-order valence-electron chi connectivity index (χ1n) is 11.2. The van der Waals surface area contributed by atoms with Gasteiger partial charge in [-0.2, -0.15) is 0 Å². The summed E-state index contributed by atoms with van der Waals surface area (Å²) in [4.78, 5) is 11.4. The van der Waals surface area contributed by atoms with Crippen LogP contribution in [0.25, 0.3) is 0 Å². The lowest BCUT2D eigenvalue weighted by Crippen LogP contribution is -2.19. The molecule has 1 nitrogen and oxygen atoms in total. The first-order chi connectivity index (χ1) is 14.4. The molecule has 0 radical (unpaired) electrons. The molecule has 0 saturated carbocycles. The second kappa shape index (κ2) is 13.0. The van der Waals surface area contributed by atoms with Crippen LogP contribution in [0.1, 0.15) is 86.0 Å². The highest BCUT2D eigenvalue weighted by molar-refractivity contribution is 7.37. The smallest absolute Gasteiger partial charge is 0.252 e. The number of hydrogen-bond acceptors (Lipinski definition) is 1. The third-order valence-electron chi connectivity index (χ3n) is 5.81. The number of carbonyl (C=O) groups excluding carboxylic acids is 1. The summed E-state index contributed by atoms with van der Waals surface area (Å²) in [6, 6.07) is 14.9. The van der Waals surface area contributed by atoms with Crippen LogP contribution in [0.3, 0.4) is 0 Å². The third kappa shape index (κ3) is 7.44. The molecule has 0 aliphatic heterocycles. The van der Waals surface area contributed by atoms with Gasteiger partial charge in [-0.05, 0) is 83.5 Å². The molecule has 2 aromatic rings. The van der Waals surface area contributed by atoms with Gasteiger partial charge >= 0.3 is 0 Å². The molecule has 30 heavy (non-hydrogen) atoms. The molecule has 0 N–H and O–H groups in total. The molecule has 2 unspecified atom stereocenters. The number of carbonyl (C=O) groups is 1. The van der Waals surface area contributed by atoms with E-state index >= 15 is 0 Å². The number of hydrogen-bond donors (Lipinski definition) is 0. The van der Waals surface area contributed by atoms with Gasteiger partial charge in [0.15, 0.2) is 0 Å². The summed E-state index contributed by atoms with van der Waals surface area (Å²) in [5, 5.41) is -0.400. The zero-order valence-electron chi connectivity index (χ0n) is 19.0. The SMILES string of the molecule is CCCCPCc1ccc(C(C)(C)c2ccc(C(=O)Cl)cc2)cc1CPCCCC. The molecule has 0 bridgehead atoms. The molecule has 2 rings (SSSR count). The quantitative estimate of drug-likeness (QED) is 0.166. The van der Waals surface area contributed by atoms with Gasteiger partial charge in [0.05, 0.1) is 0 Å². The average molecular weight is 463 g/mol. The topological polar surface area (TPSA) is 17.1 Å². The summed E-state index contributed by atoms with van der Waals surface area (Å²) in [5.41, 5.74) is 6.10. The van der Waals surface area contributed by atoms with Gasteiger partial charge in [0, 0.05) is 11.0 Å². The highest BCUT2D eigenvalue weighted by atomic mass is 35.5. The van der Waals surface area contributed by atoms with Crippen LogP contribution in [-0.2, 0) is 17.7 Å². The Bertz CT molecular complexity index is 799. The maximum Gasteiger partial charge on any atom is 0.252 e. The largest absolute Gasteiger partial charge is 0.276 e. The van der Waals surface area contributed by atoms with Crippen molar-refractivity contribution in [3.8, 4) is 0 Å². The van der Waals surface area contributed by atoms with Crippen molar-refractivity contribution in [3.63, 3.8) is 0 Å². The van der Waals surface area contributed by atoms with Gasteiger partial charge in [0.1, 0.15) is 0 Å². The first kappa shape index (κ1) is 25.5. The van der Waals surface area contributed by atoms with Crippen LogP contribution >= 0.6 is 28.8 Å². The lowest BCUT2D eigenvalue weighted by Gasteiger charge is -2.27.